The molecule has 0 saturated heterocycles. The zero-order valence-electron chi connectivity index (χ0n) is 13.8. The fourth-order valence-corrected chi connectivity index (χ4v) is 3.34. The number of fused-ring (bicyclic) bond motifs is 1. The fourth-order valence-electron chi connectivity index (χ4n) is 3.34. The van der Waals surface area contributed by atoms with Crippen LogP contribution in [0.1, 0.15) is 44.8 Å². The Morgan fingerprint density at radius 1 is 1.42 bits per heavy atom. The van der Waals surface area contributed by atoms with Crippen molar-refractivity contribution >= 4 is 11.8 Å². The van der Waals surface area contributed by atoms with Gasteiger partial charge in [-0.05, 0) is 6.07 Å². The van der Waals surface area contributed by atoms with Gasteiger partial charge in [0.25, 0.3) is 5.92 Å². The summed E-state index contributed by atoms with van der Waals surface area (Å²) in [7, 11) is 0. The number of aromatic nitrogens is 2. The van der Waals surface area contributed by atoms with E-state index in [-0.39, 0.29) is 43.0 Å². The highest BCUT2D eigenvalue weighted by atomic mass is 19.3. The largest absolute Gasteiger partial charge is 0.353 e. The third-order valence-corrected chi connectivity index (χ3v) is 4.56. The van der Waals surface area contributed by atoms with Crippen LogP contribution in [0.5, 0.6) is 0 Å². The summed E-state index contributed by atoms with van der Waals surface area (Å²) in [5.74, 6) is -3.02. The molecule has 1 saturated carbocycles. The van der Waals surface area contributed by atoms with E-state index in [4.69, 9.17) is 0 Å². The van der Waals surface area contributed by atoms with Gasteiger partial charge >= 0.3 is 0 Å². The van der Waals surface area contributed by atoms with E-state index >= 15 is 0 Å². The standard InChI is InChI=1S/C16H22F2N4O2/c1-10(2)15(24)21-8-12-3-4-19-22(12)13(9-21)5-14(23)20-11-6-16(17,18)7-11/h3-4,10-11,13H,5-9H2,1-2H3,(H,20,23)/t13-/m1/s1. The Labute approximate surface area is 139 Å². The SMILES string of the molecule is CC(C)C(=O)N1Cc2ccnn2[C@H](CC(=O)NC2CC(F)(F)C2)C1. The number of halogens is 2. The van der Waals surface area contributed by atoms with E-state index in [0.717, 1.165) is 5.69 Å². The first-order chi connectivity index (χ1) is 11.2. The van der Waals surface area contributed by atoms with Crippen LogP contribution >= 0.6 is 0 Å². The van der Waals surface area contributed by atoms with Crippen LogP contribution in [0, 0.1) is 5.92 Å². The molecule has 0 spiro atoms. The lowest BCUT2D eigenvalue weighted by Crippen LogP contribution is -2.51. The van der Waals surface area contributed by atoms with Crippen LogP contribution in [0.2, 0.25) is 0 Å². The van der Waals surface area contributed by atoms with E-state index in [1.165, 1.54) is 0 Å². The lowest BCUT2D eigenvalue weighted by Gasteiger charge is -2.37. The number of hydrogen-bond acceptors (Lipinski definition) is 3. The number of nitrogens with zero attached hydrogens (tertiary/aromatic N) is 3. The van der Waals surface area contributed by atoms with Crippen LogP contribution in [0.3, 0.4) is 0 Å². The van der Waals surface area contributed by atoms with E-state index in [1.807, 2.05) is 19.9 Å². The second kappa shape index (κ2) is 6.14. The summed E-state index contributed by atoms with van der Waals surface area (Å²) >= 11 is 0. The van der Waals surface area contributed by atoms with Gasteiger partial charge in [0.05, 0.1) is 24.7 Å². The Balaban J connectivity index is 1.64. The average Bonchev–Trinajstić information content (AvgIpc) is 2.92. The minimum absolute atomic E-state index is 0.0338. The first kappa shape index (κ1) is 16.9. The maximum Gasteiger partial charge on any atom is 0.252 e. The van der Waals surface area contributed by atoms with Crippen molar-refractivity contribution in [1.29, 1.82) is 0 Å². The Kier molecular flexibility index (Phi) is 4.31. The van der Waals surface area contributed by atoms with Crippen LogP contribution in [-0.4, -0.2) is 45.0 Å². The molecule has 2 aliphatic rings. The van der Waals surface area contributed by atoms with E-state index in [2.05, 4.69) is 10.4 Å². The monoisotopic (exact) mass is 340 g/mol. The Bertz CT molecular complexity index is 636. The molecule has 1 aromatic rings. The Hall–Kier alpha value is -1.99. The Morgan fingerprint density at radius 2 is 2.12 bits per heavy atom. The number of hydrogen-bond donors (Lipinski definition) is 1. The summed E-state index contributed by atoms with van der Waals surface area (Å²) in [6.07, 6.45) is 1.18. The third-order valence-electron chi connectivity index (χ3n) is 4.56. The highest BCUT2D eigenvalue weighted by Crippen LogP contribution is 2.37. The van der Waals surface area contributed by atoms with Gasteiger partial charge in [-0.3, -0.25) is 14.3 Å². The van der Waals surface area contributed by atoms with Crippen LogP contribution in [0.15, 0.2) is 12.3 Å². The van der Waals surface area contributed by atoms with E-state index < -0.39 is 12.0 Å². The van der Waals surface area contributed by atoms with Crippen LogP contribution in [0.25, 0.3) is 0 Å². The fraction of sp³-hybridized carbons (Fsp3) is 0.688. The number of carbonyl (C=O) groups excluding carboxylic acids is 2. The predicted octanol–water partition coefficient (Wildman–Crippen LogP) is 1.73. The lowest BCUT2D eigenvalue weighted by atomic mass is 9.88. The average molecular weight is 340 g/mol. The first-order valence-electron chi connectivity index (χ1n) is 8.23. The van der Waals surface area contributed by atoms with Crippen molar-refractivity contribution in [2.45, 2.75) is 57.7 Å². The molecule has 2 heterocycles. The number of carbonyl (C=O) groups is 2. The summed E-state index contributed by atoms with van der Waals surface area (Å²) in [4.78, 5) is 26.2. The number of alkyl halides is 2. The highest BCUT2D eigenvalue weighted by molar-refractivity contribution is 5.79. The van der Waals surface area contributed by atoms with Crippen LogP contribution < -0.4 is 5.32 Å². The number of rotatable bonds is 4. The lowest BCUT2D eigenvalue weighted by molar-refractivity contribution is -0.138. The van der Waals surface area contributed by atoms with Crippen LogP contribution in [0.4, 0.5) is 8.78 Å². The summed E-state index contributed by atoms with van der Waals surface area (Å²) in [5, 5.41) is 6.89. The molecule has 3 rings (SSSR count). The quantitative estimate of drug-likeness (QED) is 0.908. The molecule has 2 amide bonds. The van der Waals surface area contributed by atoms with Gasteiger partial charge in [-0.15, -0.1) is 0 Å². The predicted molar refractivity (Wildman–Crippen MR) is 82.2 cm³/mol. The summed E-state index contributed by atoms with van der Waals surface area (Å²) in [6, 6.07) is 1.10. The maximum atomic E-state index is 12.9. The van der Waals surface area contributed by atoms with Gasteiger partial charge in [0.15, 0.2) is 0 Å². The normalized spacial score (nSPS) is 22.9. The van der Waals surface area contributed by atoms with Gasteiger partial charge in [-0.2, -0.15) is 5.10 Å². The molecule has 1 fully saturated rings. The molecule has 8 heteroatoms. The molecular formula is C16H22F2N4O2. The third kappa shape index (κ3) is 3.42. The first-order valence-corrected chi connectivity index (χ1v) is 8.23. The number of nitrogens with one attached hydrogen (secondary N) is 1. The van der Waals surface area contributed by atoms with E-state index in [0.29, 0.717) is 13.1 Å². The van der Waals surface area contributed by atoms with Crippen molar-refractivity contribution in [3.63, 3.8) is 0 Å². The molecular weight excluding hydrogens is 318 g/mol. The molecule has 1 N–H and O–H groups in total. The molecule has 1 atom stereocenters. The number of amides is 2. The van der Waals surface area contributed by atoms with Crippen molar-refractivity contribution in [2.24, 2.45) is 5.92 Å². The van der Waals surface area contributed by atoms with Crippen molar-refractivity contribution in [3.05, 3.63) is 18.0 Å². The molecule has 6 nitrogen and oxygen atoms in total. The van der Waals surface area contributed by atoms with Gasteiger partial charge in [-0.1, -0.05) is 13.8 Å². The van der Waals surface area contributed by atoms with Gasteiger partial charge in [0.2, 0.25) is 11.8 Å². The van der Waals surface area contributed by atoms with Gasteiger partial charge in [0, 0.05) is 37.5 Å². The smallest absolute Gasteiger partial charge is 0.252 e. The van der Waals surface area contributed by atoms with Gasteiger partial charge in [0.1, 0.15) is 0 Å². The highest BCUT2D eigenvalue weighted by Gasteiger charge is 2.46. The minimum Gasteiger partial charge on any atom is -0.353 e. The van der Waals surface area contributed by atoms with Crippen LogP contribution in [-0.2, 0) is 16.1 Å². The molecule has 0 aromatic carbocycles. The second-order valence-corrected chi connectivity index (χ2v) is 7.03. The zero-order chi connectivity index (χ0) is 17.5. The molecule has 0 bridgehead atoms. The second-order valence-electron chi connectivity index (χ2n) is 7.03. The zero-order valence-corrected chi connectivity index (χ0v) is 13.8. The summed E-state index contributed by atoms with van der Waals surface area (Å²) < 4.78 is 27.5. The van der Waals surface area contributed by atoms with Gasteiger partial charge in [-0.25, -0.2) is 8.78 Å². The minimum atomic E-state index is -2.65. The van der Waals surface area contributed by atoms with Gasteiger partial charge < -0.3 is 10.2 Å². The van der Waals surface area contributed by atoms with E-state index in [9.17, 15) is 18.4 Å². The van der Waals surface area contributed by atoms with E-state index in [1.54, 1.807) is 15.8 Å². The molecule has 1 aromatic heterocycles. The van der Waals surface area contributed by atoms with Crippen molar-refractivity contribution in [2.75, 3.05) is 6.54 Å². The molecule has 1 aliphatic heterocycles. The van der Waals surface area contributed by atoms with Crippen molar-refractivity contribution in [3.8, 4) is 0 Å². The summed E-state index contributed by atoms with van der Waals surface area (Å²) in [5.41, 5.74) is 0.878. The molecule has 0 radical (unpaired) electrons. The molecule has 132 valence electrons. The molecule has 24 heavy (non-hydrogen) atoms. The van der Waals surface area contributed by atoms with Crippen molar-refractivity contribution < 1.29 is 18.4 Å². The molecule has 0 unspecified atom stereocenters. The summed E-state index contributed by atoms with van der Waals surface area (Å²) in [6.45, 7) is 4.56. The maximum absolute atomic E-state index is 12.9. The topological polar surface area (TPSA) is 67.2 Å². The van der Waals surface area contributed by atoms with Crippen molar-refractivity contribution in [1.82, 2.24) is 20.0 Å². The Morgan fingerprint density at radius 3 is 2.75 bits per heavy atom. The molecule has 1 aliphatic carbocycles.